The van der Waals surface area contributed by atoms with Crippen LogP contribution in [-0.4, -0.2) is 24.5 Å². The van der Waals surface area contributed by atoms with Crippen molar-refractivity contribution in [1.82, 2.24) is 10.6 Å². The van der Waals surface area contributed by atoms with E-state index < -0.39 is 0 Å². The van der Waals surface area contributed by atoms with Crippen LogP contribution in [-0.2, 0) is 0 Å². The molecular formula is C12H14ClIN2O. The molecule has 2 N–H and O–H groups in total. The van der Waals surface area contributed by atoms with Gasteiger partial charge in [0.25, 0.3) is 5.91 Å². The number of benzene rings is 1. The minimum Gasteiger partial charge on any atom is -0.346 e. The Hall–Kier alpha value is -0.330. The summed E-state index contributed by atoms with van der Waals surface area (Å²) in [7, 11) is 0. The van der Waals surface area contributed by atoms with E-state index in [-0.39, 0.29) is 11.4 Å². The normalized spacial score (nSPS) is 23.7. The van der Waals surface area contributed by atoms with E-state index in [2.05, 4.69) is 40.1 Å². The maximum absolute atomic E-state index is 12.2. The Morgan fingerprint density at radius 3 is 3.00 bits per heavy atom. The van der Waals surface area contributed by atoms with Crippen molar-refractivity contribution < 1.29 is 4.79 Å². The molecular weight excluding hydrogens is 351 g/mol. The Kier molecular flexibility index (Phi) is 3.95. The summed E-state index contributed by atoms with van der Waals surface area (Å²) < 4.78 is 0.916. The summed E-state index contributed by atoms with van der Waals surface area (Å²) in [6, 6.07) is 5.36. The summed E-state index contributed by atoms with van der Waals surface area (Å²) >= 11 is 8.07. The number of nitrogens with one attached hydrogen (secondary N) is 2. The average molecular weight is 365 g/mol. The molecule has 1 fully saturated rings. The van der Waals surface area contributed by atoms with Crippen LogP contribution in [0, 0.1) is 3.57 Å². The number of hydrogen-bond acceptors (Lipinski definition) is 2. The molecule has 1 unspecified atom stereocenters. The lowest BCUT2D eigenvalue weighted by atomic mass is 10.0. The van der Waals surface area contributed by atoms with E-state index in [1.54, 1.807) is 12.1 Å². The maximum atomic E-state index is 12.2. The topological polar surface area (TPSA) is 41.1 Å². The molecule has 1 amide bonds. The highest BCUT2D eigenvalue weighted by Crippen LogP contribution is 2.20. The van der Waals surface area contributed by atoms with Gasteiger partial charge in [0, 0.05) is 15.1 Å². The van der Waals surface area contributed by atoms with E-state index >= 15 is 0 Å². The molecule has 17 heavy (non-hydrogen) atoms. The van der Waals surface area contributed by atoms with Crippen LogP contribution >= 0.6 is 34.2 Å². The minimum absolute atomic E-state index is 0.0527. The molecule has 0 saturated carbocycles. The first-order valence-electron chi connectivity index (χ1n) is 5.48. The van der Waals surface area contributed by atoms with Crippen LogP contribution in [0.5, 0.6) is 0 Å². The van der Waals surface area contributed by atoms with Crippen molar-refractivity contribution in [3.8, 4) is 0 Å². The van der Waals surface area contributed by atoms with Crippen LogP contribution in [0.25, 0.3) is 0 Å². The first-order valence-corrected chi connectivity index (χ1v) is 6.94. The van der Waals surface area contributed by atoms with Crippen LogP contribution in [0.3, 0.4) is 0 Å². The lowest BCUT2D eigenvalue weighted by Gasteiger charge is -2.24. The Morgan fingerprint density at radius 2 is 2.35 bits per heavy atom. The second-order valence-corrected chi connectivity index (χ2v) is 6.16. The van der Waals surface area contributed by atoms with Gasteiger partial charge < -0.3 is 10.6 Å². The molecule has 0 bridgehead atoms. The predicted molar refractivity (Wildman–Crippen MR) is 77.5 cm³/mol. The van der Waals surface area contributed by atoms with E-state index in [0.717, 1.165) is 23.1 Å². The van der Waals surface area contributed by atoms with E-state index in [0.29, 0.717) is 10.6 Å². The van der Waals surface area contributed by atoms with Crippen LogP contribution in [0.2, 0.25) is 5.02 Å². The van der Waals surface area contributed by atoms with Crippen LogP contribution in [0.15, 0.2) is 18.2 Å². The summed E-state index contributed by atoms with van der Waals surface area (Å²) in [6.07, 6.45) is 0.954. The molecule has 1 aromatic carbocycles. The van der Waals surface area contributed by atoms with Crippen LogP contribution < -0.4 is 10.6 Å². The van der Waals surface area contributed by atoms with Crippen molar-refractivity contribution in [2.75, 3.05) is 13.1 Å². The third-order valence-corrected chi connectivity index (χ3v) is 4.13. The van der Waals surface area contributed by atoms with Gasteiger partial charge in [0.15, 0.2) is 0 Å². The summed E-state index contributed by atoms with van der Waals surface area (Å²) in [5.74, 6) is -0.0527. The lowest BCUT2D eigenvalue weighted by molar-refractivity contribution is 0.0912. The zero-order valence-electron chi connectivity index (χ0n) is 9.52. The zero-order chi connectivity index (χ0) is 12.5. The van der Waals surface area contributed by atoms with Crippen molar-refractivity contribution in [2.45, 2.75) is 18.9 Å². The summed E-state index contributed by atoms with van der Waals surface area (Å²) in [6.45, 7) is 3.82. The molecule has 92 valence electrons. The van der Waals surface area contributed by atoms with Gasteiger partial charge in [0.2, 0.25) is 0 Å². The number of amides is 1. The Morgan fingerprint density at radius 1 is 1.59 bits per heavy atom. The zero-order valence-corrected chi connectivity index (χ0v) is 12.4. The number of carbonyl (C=O) groups is 1. The van der Waals surface area contributed by atoms with Gasteiger partial charge in [-0.05, 0) is 60.7 Å². The summed E-state index contributed by atoms with van der Waals surface area (Å²) in [5, 5.41) is 6.92. The lowest BCUT2D eigenvalue weighted by Crippen LogP contribution is -2.47. The number of carbonyl (C=O) groups excluding carboxylic acids is 1. The van der Waals surface area contributed by atoms with E-state index in [1.165, 1.54) is 0 Å². The Bertz CT molecular complexity index is 444. The van der Waals surface area contributed by atoms with Gasteiger partial charge in [-0.1, -0.05) is 11.6 Å². The smallest absolute Gasteiger partial charge is 0.252 e. The van der Waals surface area contributed by atoms with Crippen molar-refractivity contribution >= 4 is 40.1 Å². The monoisotopic (exact) mass is 364 g/mol. The predicted octanol–water partition coefficient (Wildman–Crippen LogP) is 2.43. The highest BCUT2D eigenvalue weighted by atomic mass is 127. The first kappa shape index (κ1) is 13.1. The highest BCUT2D eigenvalue weighted by molar-refractivity contribution is 14.1. The van der Waals surface area contributed by atoms with Gasteiger partial charge in [0.05, 0.1) is 11.1 Å². The molecule has 1 heterocycles. The second kappa shape index (κ2) is 5.12. The number of rotatable bonds is 2. The van der Waals surface area contributed by atoms with Crippen LogP contribution in [0.4, 0.5) is 0 Å². The first-order chi connectivity index (χ1) is 8.00. The third-order valence-electron chi connectivity index (χ3n) is 2.96. The molecule has 1 aliphatic heterocycles. The van der Waals surface area contributed by atoms with E-state index in [9.17, 15) is 4.79 Å². The fourth-order valence-corrected chi connectivity index (χ4v) is 2.69. The molecule has 0 spiro atoms. The molecule has 0 radical (unpaired) electrons. The molecule has 2 rings (SSSR count). The fraction of sp³-hybridized carbons (Fsp3) is 0.417. The molecule has 5 heteroatoms. The van der Waals surface area contributed by atoms with E-state index in [1.807, 2.05) is 6.07 Å². The third kappa shape index (κ3) is 3.11. The minimum atomic E-state index is -0.150. The molecule has 1 aromatic rings. The van der Waals surface area contributed by atoms with Gasteiger partial charge in [0.1, 0.15) is 0 Å². The van der Waals surface area contributed by atoms with Crippen molar-refractivity contribution in [2.24, 2.45) is 0 Å². The molecule has 0 aromatic heterocycles. The average Bonchev–Trinajstić information content (AvgIpc) is 2.68. The summed E-state index contributed by atoms with van der Waals surface area (Å²) in [5.41, 5.74) is 0.494. The fourth-order valence-electron chi connectivity index (χ4n) is 1.94. The molecule has 1 aliphatic rings. The maximum Gasteiger partial charge on any atom is 0.252 e. The molecule has 3 nitrogen and oxygen atoms in total. The second-order valence-electron chi connectivity index (χ2n) is 4.57. The van der Waals surface area contributed by atoms with Gasteiger partial charge in [-0.25, -0.2) is 0 Å². The van der Waals surface area contributed by atoms with Crippen molar-refractivity contribution in [1.29, 1.82) is 0 Å². The Balaban J connectivity index is 2.17. The van der Waals surface area contributed by atoms with Gasteiger partial charge >= 0.3 is 0 Å². The van der Waals surface area contributed by atoms with Gasteiger partial charge in [-0.15, -0.1) is 0 Å². The molecule has 1 atom stereocenters. The standard InChI is InChI=1S/C12H14ClIN2O/c1-12(4-5-15-7-12)16-11(17)9-6-8(13)2-3-10(9)14/h2-3,6,15H,4-5,7H2,1H3,(H,16,17). The van der Waals surface area contributed by atoms with Crippen LogP contribution in [0.1, 0.15) is 23.7 Å². The Labute approximate surface area is 119 Å². The highest BCUT2D eigenvalue weighted by Gasteiger charge is 2.30. The van der Waals surface area contributed by atoms with E-state index in [4.69, 9.17) is 11.6 Å². The number of halogens is 2. The number of hydrogen-bond donors (Lipinski definition) is 2. The molecule has 1 saturated heterocycles. The van der Waals surface area contributed by atoms with Gasteiger partial charge in [-0.2, -0.15) is 0 Å². The van der Waals surface area contributed by atoms with Crippen molar-refractivity contribution in [3.63, 3.8) is 0 Å². The largest absolute Gasteiger partial charge is 0.346 e. The SMILES string of the molecule is CC1(NC(=O)c2cc(Cl)ccc2I)CCNC1. The quantitative estimate of drug-likeness (QED) is 0.792. The van der Waals surface area contributed by atoms with Gasteiger partial charge in [-0.3, -0.25) is 4.79 Å². The summed E-state index contributed by atoms with van der Waals surface area (Å²) in [4.78, 5) is 12.2. The van der Waals surface area contributed by atoms with Crippen molar-refractivity contribution in [3.05, 3.63) is 32.4 Å². The molecule has 0 aliphatic carbocycles.